The molecule has 5 unspecified atom stereocenters. The second-order valence-electron chi connectivity index (χ2n) is 22.6. The number of unbranched alkanes of at least 4 members (excludes halogenated alkanes) is 23. The maximum Gasteiger partial charge on any atom is 0.472 e. The van der Waals surface area contributed by atoms with Crippen LogP contribution in [0.2, 0.25) is 0 Å². The van der Waals surface area contributed by atoms with Gasteiger partial charge < -0.3 is 34.2 Å². The smallest absolute Gasteiger partial charge is 0.463 e. The van der Waals surface area contributed by atoms with Crippen LogP contribution >= 0.6 is 15.6 Å². The highest BCUT2D eigenvalue weighted by molar-refractivity contribution is 7.47. The summed E-state index contributed by atoms with van der Waals surface area (Å²) in [6.07, 6.45) is 71.5. The van der Waals surface area contributed by atoms with Crippen LogP contribution in [0.4, 0.5) is 0 Å². The van der Waals surface area contributed by atoms with Gasteiger partial charge in [0.1, 0.15) is 25.4 Å². The van der Waals surface area contributed by atoms with Gasteiger partial charge in [0.2, 0.25) is 0 Å². The Morgan fingerprint density at radius 3 is 0.978 bits per heavy atom. The minimum Gasteiger partial charge on any atom is -0.463 e. The third kappa shape index (κ3) is 65.5. The summed E-state index contributed by atoms with van der Waals surface area (Å²) in [5.74, 6) is -1.62. The van der Waals surface area contributed by atoms with Crippen LogP contribution in [0, 0.1) is 0 Å². The summed E-state index contributed by atoms with van der Waals surface area (Å²) in [5, 5.41) is 20.5. The van der Waals surface area contributed by atoms with Crippen LogP contribution in [-0.2, 0) is 55.8 Å². The zero-order chi connectivity index (χ0) is 65.3. The van der Waals surface area contributed by atoms with Crippen molar-refractivity contribution in [1.29, 1.82) is 0 Å². The summed E-state index contributed by atoms with van der Waals surface area (Å²) in [7, 11) is -9.78. The zero-order valence-corrected chi connectivity index (χ0v) is 57.1. The molecule has 0 radical (unpaired) electrons. The van der Waals surface area contributed by atoms with Gasteiger partial charge in [-0.2, -0.15) is 0 Å². The molecule has 0 fully saturated rings. The van der Waals surface area contributed by atoms with Crippen LogP contribution in [0.5, 0.6) is 0 Å². The Hall–Kier alpha value is -3.79. The predicted molar refractivity (Wildman–Crippen MR) is 362 cm³/mol. The maximum absolute atomic E-state index is 12.9. The van der Waals surface area contributed by atoms with Crippen LogP contribution in [0.15, 0.2) is 109 Å². The molecular weight excluding hydrogens is 1170 g/mol. The van der Waals surface area contributed by atoms with Gasteiger partial charge in [-0.05, 0) is 109 Å². The molecule has 0 aromatic rings. The number of carbonyl (C=O) groups excluding carboxylic acids is 3. The number of ether oxygens (including phenoxy) is 3. The molecule has 0 aromatic carbocycles. The average Bonchev–Trinajstić information content (AvgIpc) is 3.53. The first-order valence-corrected chi connectivity index (χ1v) is 37.2. The average molecular weight is 1290 g/mol. The van der Waals surface area contributed by atoms with Crippen molar-refractivity contribution in [2.24, 2.45) is 0 Å². The summed E-state index contributed by atoms with van der Waals surface area (Å²) in [6, 6.07) is 0. The fourth-order valence-corrected chi connectivity index (χ4v) is 10.3. The van der Waals surface area contributed by atoms with Crippen molar-refractivity contribution in [1.82, 2.24) is 0 Å². The Kier molecular flexibility index (Phi) is 61.6. The van der Waals surface area contributed by atoms with Crippen molar-refractivity contribution in [3.05, 3.63) is 109 Å². The largest absolute Gasteiger partial charge is 0.472 e. The van der Waals surface area contributed by atoms with E-state index in [1.807, 2.05) is 0 Å². The molecule has 0 aliphatic rings. The van der Waals surface area contributed by atoms with Crippen molar-refractivity contribution in [2.45, 2.75) is 283 Å². The van der Waals surface area contributed by atoms with Crippen LogP contribution in [0.1, 0.15) is 265 Å². The van der Waals surface area contributed by atoms with Crippen molar-refractivity contribution < 1.29 is 75.8 Å². The number of hydrogen-bond acceptors (Lipinski definition) is 14. The first-order chi connectivity index (χ1) is 43.2. The Bertz CT molecular complexity index is 2060. The Morgan fingerprint density at radius 1 is 0.326 bits per heavy atom. The third-order valence-electron chi connectivity index (χ3n) is 14.0. The SMILES string of the molecule is CC/C=C\C/C=C\C/C=C\C/C=C\C/C=C\CCCCCC(=O)OCC(COP(=O)(O)OCC(O)COP(=O)(O)OCC(O)COC(=O)CCCCCCCCC/C=C\C/C=C\C/C=C\C/C=C\CCCCC)OC(=O)CCCCCCCCCCCCC. The zero-order valence-electron chi connectivity index (χ0n) is 55.3. The maximum atomic E-state index is 12.9. The summed E-state index contributed by atoms with van der Waals surface area (Å²) in [5.41, 5.74) is 0. The molecule has 0 aromatic heterocycles. The van der Waals surface area contributed by atoms with Gasteiger partial charge >= 0.3 is 33.6 Å². The molecular formula is C71H122O16P2. The molecule has 0 heterocycles. The first kappa shape index (κ1) is 85.2. The highest BCUT2D eigenvalue weighted by atomic mass is 31.2. The van der Waals surface area contributed by atoms with Gasteiger partial charge in [0, 0.05) is 19.3 Å². The van der Waals surface area contributed by atoms with E-state index in [4.69, 9.17) is 32.3 Å². The van der Waals surface area contributed by atoms with Crippen molar-refractivity contribution in [2.75, 3.05) is 39.6 Å². The van der Waals surface area contributed by atoms with Crippen molar-refractivity contribution >= 4 is 33.6 Å². The number of carbonyl (C=O) groups is 3. The number of esters is 3. The van der Waals surface area contributed by atoms with Crippen LogP contribution in [-0.4, -0.2) is 95.9 Å². The molecule has 4 N–H and O–H groups in total. The van der Waals surface area contributed by atoms with Gasteiger partial charge in [0.15, 0.2) is 6.10 Å². The molecule has 512 valence electrons. The van der Waals surface area contributed by atoms with E-state index in [0.717, 1.165) is 141 Å². The number of phosphoric ester groups is 2. The lowest BCUT2D eigenvalue weighted by atomic mass is 10.1. The normalized spacial score (nSPS) is 14.9. The lowest BCUT2D eigenvalue weighted by Crippen LogP contribution is -2.30. The van der Waals surface area contributed by atoms with Gasteiger partial charge in [0.05, 0.1) is 26.4 Å². The number of phosphoric acid groups is 2. The molecule has 89 heavy (non-hydrogen) atoms. The first-order valence-electron chi connectivity index (χ1n) is 34.2. The number of allylic oxidation sites excluding steroid dienone is 18. The molecule has 5 atom stereocenters. The molecule has 16 nitrogen and oxygen atoms in total. The fourth-order valence-electron chi connectivity index (χ4n) is 8.76. The van der Waals surface area contributed by atoms with Crippen LogP contribution in [0.25, 0.3) is 0 Å². The van der Waals surface area contributed by atoms with E-state index in [-0.39, 0.29) is 19.3 Å². The quantitative estimate of drug-likeness (QED) is 0.0146. The van der Waals surface area contributed by atoms with Gasteiger partial charge in [-0.15, -0.1) is 0 Å². The summed E-state index contributed by atoms with van der Waals surface area (Å²) in [4.78, 5) is 58.3. The van der Waals surface area contributed by atoms with Gasteiger partial charge in [0.25, 0.3) is 0 Å². The number of aliphatic hydroxyl groups excluding tert-OH is 2. The molecule has 0 saturated heterocycles. The molecule has 18 heteroatoms. The van der Waals surface area contributed by atoms with E-state index in [9.17, 15) is 43.5 Å². The minimum absolute atomic E-state index is 0.0970. The van der Waals surface area contributed by atoms with E-state index in [1.54, 1.807) is 0 Å². The molecule has 0 aliphatic carbocycles. The summed E-state index contributed by atoms with van der Waals surface area (Å²) >= 11 is 0. The predicted octanol–water partition coefficient (Wildman–Crippen LogP) is 18.9. The lowest BCUT2D eigenvalue weighted by molar-refractivity contribution is -0.161. The summed E-state index contributed by atoms with van der Waals surface area (Å²) in [6.45, 7) is 2.46. The fraction of sp³-hybridized carbons (Fsp3) is 0.704. The topological polar surface area (TPSA) is 231 Å². The third-order valence-corrected chi connectivity index (χ3v) is 15.9. The number of aliphatic hydroxyl groups is 2. The monoisotopic (exact) mass is 1290 g/mol. The van der Waals surface area contributed by atoms with Crippen LogP contribution < -0.4 is 0 Å². The number of hydrogen-bond donors (Lipinski definition) is 4. The second-order valence-corrected chi connectivity index (χ2v) is 25.5. The Balaban J connectivity index is 4.60. The molecule has 0 bridgehead atoms. The highest BCUT2D eigenvalue weighted by Gasteiger charge is 2.29. The van der Waals surface area contributed by atoms with Crippen molar-refractivity contribution in [3.8, 4) is 0 Å². The molecule has 0 saturated carbocycles. The summed E-state index contributed by atoms with van der Waals surface area (Å²) < 4.78 is 60.8. The van der Waals surface area contributed by atoms with E-state index in [2.05, 4.69) is 130 Å². The highest BCUT2D eigenvalue weighted by Crippen LogP contribution is 2.45. The molecule has 0 amide bonds. The van der Waals surface area contributed by atoms with E-state index < -0.39 is 91.5 Å². The number of rotatable bonds is 64. The van der Waals surface area contributed by atoms with E-state index in [1.165, 1.54) is 64.2 Å². The Morgan fingerprint density at radius 2 is 0.596 bits per heavy atom. The van der Waals surface area contributed by atoms with Gasteiger partial charge in [-0.1, -0.05) is 246 Å². The van der Waals surface area contributed by atoms with E-state index in [0.29, 0.717) is 19.3 Å². The second kappa shape index (κ2) is 64.3. The van der Waals surface area contributed by atoms with E-state index >= 15 is 0 Å². The Labute approximate surface area is 539 Å². The molecule has 0 spiro atoms. The molecule has 0 aliphatic heterocycles. The van der Waals surface area contributed by atoms with Gasteiger partial charge in [-0.25, -0.2) is 9.13 Å². The minimum atomic E-state index is -4.93. The molecule has 0 rings (SSSR count). The van der Waals surface area contributed by atoms with Crippen LogP contribution in [0.3, 0.4) is 0 Å². The standard InChI is InChI=1S/C71H122O16P2/c1-4-7-10-13-16-19-22-24-26-28-30-31-32-33-35-37-38-40-43-45-48-51-54-57-69(74)81-60-66(72)61-83-88(77,78)84-62-67(73)63-85-89(79,80)86-65-68(87-71(76)59-56-53-50-47-42-21-18-15-12-9-6-3)64-82-70(75)58-55-52-49-46-44-41-39-36-34-29-27-25-23-20-17-14-11-8-5-2/h8,11,16-17,19-20,24-27,30-31,33-36,41,44,66-68,72-73H,4-7,9-10,12-15,18,21-23,28-29,32,37-40,42-43,45-65H2,1-3H3,(H,77,78)(H,79,80)/b11-8-,19-16-,20-17-,26-24-,27-25-,31-30-,35-33-,36-34-,44-41-. The van der Waals surface area contributed by atoms with Crippen molar-refractivity contribution in [3.63, 3.8) is 0 Å². The lowest BCUT2D eigenvalue weighted by Gasteiger charge is -2.21. The van der Waals surface area contributed by atoms with Gasteiger partial charge in [-0.3, -0.25) is 32.5 Å².